The van der Waals surface area contributed by atoms with E-state index in [1.807, 2.05) is 0 Å². The SMILES string of the molecule is COc1c(-c2ccccc2F)ccc(OBO)c1C. The first-order chi connectivity index (χ1) is 9.19. The molecule has 0 saturated carbocycles. The van der Waals surface area contributed by atoms with E-state index in [9.17, 15) is 4.39 Å². The number of ether oxygens (including phenoxy) is 1. The Morgan fingerprint density at radius 3 is 2.47 bits per heavy atom. The van der Waals surface area contributed by atoms with Gasteiger partial charge in [-0.3, -0.25) is 0 Å². The first-order valence-corrected chi connectivity index (χ1v) is 5.85. The van der Waals surface area contributed by atoms with Gasteiger partial charge in [0.05, 0.1) is 7.11 Å². The van der Waals surface area contributed by atoms with Crippen LogP contribution < -0.4 is 9.39 Å². The number of methoxy groups -OCH3 is 1. The van der Waals surface area contributed by atoms with Crippen LogP contribution in [0.5, 0.6) is 11.5 Å². The molecule has 2 aromatic carbocycles. The fraction of sp³-hybridized carbons (Fsp3) is 0.143. The molecule has 0 spiro atoms. The molecule has 0 heterocycles. The molecule has 19 heavy (non-hydrogen) atoms. The summed E-state index contributed by atoms with van der Waals surface area (Å²) < 4.78 is 24.3. The van der Waals surface area contributed by atoms with Crippen LogP contribution in [0.1, 0.15) is 5.56 Å². The minimum atomic E-state index is -0.414. The lowest BCUT2D eigenvalue weighted by Gasteiger charge is -2.15. The molecule has 0 aliphatic heterocycles. The van der Waals surface area contributed by atoms with Gasteiger partial charge >= 0.3 is 7.69 Å². The molecule has 0 aliphatic carbocycles. The largest absolute Gasteiger partial charge is 0.538 e. The maximum Gasteiger partial charge on any atom is 0.504 e. The van der Waals surface area contributed by atoms with E-state index in [1.165, 1.54) is 13.2 Å². The van der Waals surface area contributed by atoms with Crippen LogP contribution in [0.2, 0.25) is 0 Å². The zero-order valence-electron chi connectivity index (χ0n) is 10.8. The van der Waals surface area contributed by atoms with Crippen molar-refractivity contribution in [3.05, 3.63) is 47.8 Å². The summed E-state index contributed by atoms with van der Waals surface area (Å²) in [5.41, 5.74) is 1.85. The summed E-state index contributed by atoms with van der Waals surface area (Å²) in [5.74, 6) is 0.742. The van der Waals surface area contributed by atoms with Gasteiger partial charge in [-0.05, 0) is 25.1 Å². The Bertz CT molecular complexity index is 587. The Morgan fingerprint density at radius 1 is 1.11 bits per heavy atom. The molecule has 2 aromatic rings. The monoisotopic (exact) mass is 260 g/mol. The van der Waals surface area contributed by atoms with Crippen molar-refractivity contribution in [3.8, 4) is 22.6 Å². The van der Waals surface area contributed by atoms with Crippen molar-refractivity contribution in [3.63, 3.8) is 0 Å². The third-order valence-electron chi connectivity index (χ3n) is 2.94. The van der Waals surface area contributed by atoms with Gasteiger partial charge in [-0.15, -0.1) is 0 Å². The van der Waals surface area contributed by atoms with Gasteiger partial charge in [-0.25, -0.2) is 4.39 Å². The second-order valence-electron chi connectivity index (χ2n) is 4.02. The smallest absolute Gasteiger partial charge is 0.504 e. The summed E-state index contributed by atoms with van der Waals surface area (Å²) >= 11 is 0. The van der Waals surface area contributed by atoms with E-state index in [0.29, 0.717) is 22.6 Å². The average molecular weight is 260 g/mol. The van der Waals surface area contributed by atoms with Gasteiger partial charge in [0.1, 0.15) is 17.3 Å². The maximum absolute atomic E-state index is 13.8. The van der Waals surface area contributed by atoms with E-state index in [1.54, 1.807) is 37.3 Å². The van der Waals surface area contributed by atoms with Gasteiger partial charge in [0.2, 0.25) is 0 Å². The maximum atomic E-state index is 13.8. The molecule has 5 heteroatoms. The lowest BCUT2D eigenvalue weighted by molar-refractivity contribution is 0.406. The van der Waals surface area contributed by atoms with E-state index in [4.69, 9.17) is 14.4 Å². The first kappa shape index (κ1) is 13.4. The quantitative estimate of drug-likeness (QED) is 0.858. The highest BCUT2D eigenvalue weighted by Crippen LogP contribution is 2.38. The molecule has 0 fully saturated rings. The topological polar surface area (TPSA) is 38.7 Å². The Morgan fingerprint density at radius 2 is 1.84 bits per heavy atom. The van der Waals surface area contributed by atoms with Crippen LogP contribution in [0.25, 0.3) is 11.1 Å². The molecule has 1 N–H and O–H groups in total. The number of rotatable bonds is 4. The Hall–Kier alpha value is -2.01. The van der Waals surface area contributed by atoms with E-state index in [0.717, 1.165) is 5.56 Å². The molecule has 0 aliphatic rings. The predicted molar refractivity (Wildman–Crippen MR) is 73.1 cm³/mol. The lowest BCUT2D eigenvalue weighted by Crippen LogP contribution is -2.03. The average Bonchev–Trinajstić information content (AvgIpc) is 2.42. The van der Waals surface area contributed by atoms with Crippen LogP contribution in [-0.2, 0) is 0 Å². The van der Waals surface area contributed by atoms with Crippen molar-refractivity contribution >= 4 is 7.69 Å². The molecule has 0 bridgehead atoms. The standard InChI is InChI=1S/C14H14BFO3/c1-9-13(19-15-17)8-7-11(14(9)18-2)10-5-3-4-6-12(10)16/h3-8,15,17H,1-2H3. The fourth-order valence-electron chi connectivity index (χ4n) is 2.05. The zero-order valence-corrected chi connectivity index (χ0v) is 10.8. The normalized spacial score (nSPS) is 10.1. The van der Waals surface area contributed by atoms with Crippen LogP contribution in [0.4, 0.5) is 4.39 Å². The lowest BCUT2D eigenvalue weighted by atomic mass is 10.0. The van der Waals surface area contributed by atoms with Crippen LogP contribution in [-0.4, -0.2) is 19.8 Å². The summed E-state index contributed by atoms with van der Waals surface area (Å²) in [6, 6.07) is 9.92. The molecule has 0 saturated heterocycles. The molecule has 0 aromatic heterocycles. The van der Waals surface area contributed by atoms with Gasteiger partial charge in [0.25, 0.3) is 0 Å². The predicted octanol–water partition coefficient (Wildman–Crippen LogP) is 2.45. The minimum absolute atomic E-state index is 0.309. The molecule has 0 unspecified atom stereocenters. The summed E-state index contributed by atoms with van der Waals surface area (Å²) in [5, 5.41) is 8.82. The highest BCUT2D eigenvalue weighted by Gasteiger charge is 2.15. The zero-order chi connectivity index (χ0) is 13.8. The number of hydrogen-bond donors (Lipinski definition) is 1. The summed E-state index contributed by atoms with van der Waals surface area (Å²) in [6.07, 6.45) is 0. The molecular weight excluding hydrogens is 246 g/mol. The Labute approximate surface area is 111 Å². The second kappa shape index (κ2) is 5.76. The van der Waals surface area contributed by atoms with Crippen molar-refractivity contribution < 1.29 is 18.8 Å². The van der Waals surface area contributed by atoms with Gasteiger partial charge in [-0.1, -0.05) is 18.2 Å². The molecule has 3 nitrogen and oxygen atoms in total. The minimum Gasteiger partial charge on any atom is -0.538 e. The highest BCUT2D eigenvalue weighted by molar-refractivity contribution is 6.17. The third kappa shape index (κ3) is 2.56. The van der Waals surface area contributed by atoms with Crippen molar-refractivity contribution in [2.45, 2.75) is 6.92 Å². The van der Waals surface area contributed by atoms with Crippen LogP contribution in [0, 0.1) is 12.7 Å². The van der Waals surface area contributed by atoms with Crippen molar-refractivity contribution in [2.75, 3.05) is 7.11 Å². The van der Waals surface area contributed by atoms with Crippen molar-refractivity contribution in [2.24, 2.45) is 0 Å². The molecule has 0 radical (unpaired) electrons. The van der Waals surface area contributed by atoms with E-state index in [2.05, 4.69) is 0 Å². The van der Waals surface area contributed by atoms with Crippen molar-refractivity contribution in [1.29, 1.82) is 0 Å². The Balaban J connectivity index is 2.59. The van der Waals surface area contributed by atoms with Gasteiger partial charge in [0.15, 0.2) is 0 Å². The highest BCUT2D eigenvalue weighted by atomic mass is 19.1. The van der Waals surface area contributed by atoms with Crippen molar-refractivity contribution in [1.82, 2.24) is 0 Å². The van der Waals surface area contributed by atoms with E-state index in [-0.39, 0.29) is 5.82 Å². The summed E-state index contributed by atoms with van der Waals surface area (Å²) in [7, 11) is 1.11. The number of benzene rings is 2. The molecule has 98 valence electrons. The number of halogens is 1. The van der Waals surface area contributed by atoms with Gasteiger partial charge in [-0.2, -0.15) is 0 Å². The molecular formula is C14H14BFO3. The second-order valence-corrected chi connectivity index (χ2v) is 4.02. The first-order valence-electron chi connectivity index (χ1n) is 5.85. The van der Waals surface area contributed by atoms with Crippen LogP contribution >= 0.6 is 0 Å². The van der Waals surface area contributed by atoms with Crippen LogP contribution in [0.3, 0.4) is 0 Å². The van der Waals surface area contributed by atoms with E-state index >= 15 is 0 Å². The third-order valence-corrected chi connectivity index (χ3v) is 2.94. The fourth-order valence-corrected chi connectivity index (χ4v) is 2.05. The molecule has 0 amide bonds. The van der Waals surface area contributed by atoms with Gasteiger partial charge in [0, 0.05) is 16.7 Å². The number of hydrogen-bond acceptors (Lipinski definition) is 3. The van der Waals surface area contributed by atoms with Crippen LogP contribution in [0.15, 0.2) is 36.4 Å². The molecule has 0 atom stereocenters. The summed E-state index contributed by atoms with van der Waals surface area (Å²) in [4.78, 5) is 0. The Kier molecular flexibility index (Phi) is 4.07. The molecule has 2 rings (SSSR count). The van der Waals surface area contributed by atoms with E-state index < -0.39 is 7.69 Å². The summed E-state index contributed by atoms with van der Waals surface area (Å²) in [6.45, 7) is 1.80. The van der Waals surface area contributed by atoms with Gasteiger partial charge < -0.3 is 14.4 Å².